The van der Waals surface area contributed by atoms with Crippen molar-refractivity contribution in [3.8, 4) is 0 Å². The van der Waals surface area contributed by atoms with E-state index in [1.165, 1.54) is 0 Å². The lowest BCUT2D eigenvalue weighted by Gasteiger charge is -2.37. The van der Waals surface area contributed by atoms with Gasteiger partial charge in [0, 0.05) is 0 Å². The number of rotatable bonds is 4. The second-order valence-corrected chi connectivity index (χ2v) is 5.42. The Morgan fingerprint density at radius 1 is 1.31 bits per heavy atom. The maximum absolute atomic E-state index is 12.1. The number of hydrogen-bond donors (Lipinski definition) is 2. The highest BCUT2D eigenvalue weighted by molar-refractivity contribution is 7.82. The van der Waals surface area contributed by atoms with E-state index in [4.69, 9.17) is 24.4 Å². The molecule has 0 bridgehead atoms. The Morgan fingerprint density at radius 2 is 1.94 bits per heavy atom. The van der Waals surface area contributed by atoms with Gasteiger partial charge in [-0.2, -0.15) is 0 Å². The summed E-state index contributed by atoms with van der Waals surface area (Å²) in [5.41, 5.74) is -0.568. The molecule has 1 aliphatic heterocycles. The SMILES string of the molecule is CCC1(CCC(C)C)C(=O)NC(=S)NC1=S. The summed E-state index contributed by atoms with van der Waals surface area (Å²) in [4.78, 5) is 12.6. The molecule has 0 saturated carbocycles. The molecule has 0 aromatic heterocycles. The standard InChI is InChI=1S/C11H18N2OS2/c1-4-11(6-5-7(2)3)8(14)12-10(16)13-9(11)15/h7H,4-6H2,1-3H3,(H2,12,13,14,15,16). The van der Waals surface area contributed by atoms with E-state index in [1.807, 2.05) is 6.92 Å². The number of thiocarbonyl (C=S) groups is 2. The Kier molecular flexibility index (Phi) is 4.38. The molecule has 1 amide bonds. The van der Waals surface area contributed by atoms with Crippen LogP contribution in [0.15, 0.2) is 0 Å². The van der Waals surface area contributed by atoms with Crippen molar-refractivity contribution in [3.05, 3.63) is 0 Å². The predicted octanol–water partition coefficient (Wildman–Crippen LogP) is 2.15. The summed E-state index contributed by atoms with van der Waals surface area (Å²) < 4.78 is 0. The van der Waals surface area contributed by atoms with Gasteiger partial charge in [0.2, 0.25) is 5.91 Å². The summed E-state index contributed by atoms with van der Waals surface area (Å²) in [5.74, 6) is 0.511. The number of nitrogens with one attached hydrogen (secondary N) is 2. The van der Waals surface area contributed by atoms with E-state index in [0.29, 0.717) is 22.4 Å². The van der Waals surface area contributed by atoms with Gasteiger partial charge >= 0.3 is 0 Å². The van der Waals surface area contributed by atoms with E-state index < -0.39 is 5.41 Å². The van der Waals surface area contributed by atoms with Crippen molar-refractivity contribution in [2.45, 2.75) is 40.0 Å². The average molecular weight is 258 g/mol. The van der Waals surface area contributed by atoms with Crippen molar-refractivity contribution < 1.29 is 4.79 Å². The van der Waals surface area contributed by atoms with Crippen molar-refractivity contribution in [1.82, 2.24) is 10.6 Å². The zero-order chi connectivity index (χ0) is 12.3. The third kappa shape index (κ3) is 2.58. The van der Waals surface area contributed by atoms with E-state index in [1.54, 1.807) is 0 Å². The molecule has 1 saturated heterocycles. The predicted molar refractivity (Wildman–Crippen MR) is 73.3 cm³/mol. The fraction of sp³-hybridized carbons (Fsp3) is 0.727. The van der Waals surface area contributed by atoms with Gasteiger partial charge in [0.1, 0.15) is 0 Å². The van der Waals surface area contributed by atoms with Crippen LogP contribution in [0.1, 0.15) is 40.0 Å². The molecular formula is C11H18N2OS2. The summed E-state index contributed by atoms with van der Waals surface area (Å²) in [6.07, 6.45) is 2.47. The number of carbonyl (C=O) groups is 1. The second-order valence-electron chi connectivity index (χ2n) is 4.61. The van der Waals surface area contributed by atoms with Gasteiger partial charge in [-0.3, -0.25) is 4.79 Å². The van der Waals surface area contributed by atoms with Crippen LogP contribution in [0.3, 0.4) is 0 Å². The highest BCUT2D eigenvalue weighted by Crippen LogP contribution is 2.33. The number of carbonyl (C=O) groups excluding carboxylic acids is 1. The third-order valence-electron chi connectivity index (χ3n) is 3.08. The minimum absolute atomic E-state index is 0.0515. The second kappa shape index (κ2) is 5.19. The lowest BCUT2D eigenvalue weighted by molar-refractivity contribution is -0.127. The van der Waals surface area contributed by atoms with Crippen LogP contribution in [-0.2, 0) is 4.79 Å². The highest BCUT2D eigenvalue weighted by Gasteiger charge is 2.44. The molecule has 16 heavy (non-hydrogen) atoms. The van der Waals surface area contributed by atoms with Gasteiger partial charge in [0.15, 0.2) is 5.11 Å². The first kappa shape index (κ1) is 13.5. The summed E-state index contributed by atoms with van der Waals surface area (Å²) in [6, 6.07) is 0. The highest BCUT2D eigenvalue weighted by atomic mass is 32.1. The Labute approximate surface area is 107 Å². The van der Waals surface area contributed by atoms with E-state index >= 15 is 0 Å². The van der Waals surface area contributed by atoms with Crippen LogP contribution in [0, 0.1) is 11.3 Å². The molecule has 0 aromatic rings. The summed E-state index contributed by atoms with van der Waals surface area (Å²) in [7, 11) is 0. The van der Waals surface area contributed by atoms with E-state index in [0.717, 1.165) is 12.8 Å². The first-order valence-electron chi connectivity index (χ1n) is 5.59. The lowest BCUT2D eigenvalue weighted by atomic mass is 9.77. The van der Waals surface area contributed by atoms with E-state index in [2.05, 4.69) is 24.5 Å². The van der Waals surface area contributed by atoms with Crippen molar-refractivity contribution in [3.63, 3.8) is 0 Å². The third-order valence-corrected chi connectivity index (χ3v) is 3.77. The Balaban J connectivity index is 2.87. The molecule has 0 radical (unpaired) electrons. The molecule has 0 aromatic carbocycles. The normalized spacial score (nSPS) is 25.6. The monoisotopic (exact) mass is 258 g/mol. The molecule has 5 heteroatoms. The van der Waals surface area contributed by atoms with Gasteiger partial charge in [-0.15, -0.1) is 0 Å². The molecule has 1 atom stereocenters. The van der Waals surface area contributed by atoms with Gasteiger partial charge in [-0.1, -0.05) is 33.0 Å². The quantitative estimate of drug-likeness (QED) is 0.758. The molecule has 1 unspecified atom stereocenters. The molecule has 0 spiro atoms. The van der Waals surface area contributed by atoms with Crippen LogP contribution in [0.4, 0.5) is 0 Å². The zero-order valence-corrected chi connectivity index (χ0v) is 11.6. The van der Waals surface area contributed by atoms with Gasteiger partial charge < -0.3 is 10.6 Å². The Hall–Kier alpha value is -0.550. The summed E-state index contributed by atoms with van der Waals surface area (Å²) in [5, 5.41) is 5.90. The van der Waals surface area contributed by atoms with Gasteiger partial charge in [0.25, 0.3) is 0 Å². The molecule has 1 fully saturated rings. The van der Waals surface area contributed by atoms with Crippen LogP contribution in [0.25, 0.3) is 0 Å². The molecule has 3 nitrogen and oxygen atoms in total. The minimum Gasteiger partial charge on any atom is -0.326 e. The van der Waals surface area contributed by atoms with Crippen LogP contribution in [-0.4, -0.2) is 16.0 Å². The average Bonchev–Trinajstić information content (AvgIpc) is 2.17. The smallest absolute Gasteiger partial charge is 0.239 e. The molecule has 90 valence electrons. The molecular weight excluding hydrogens is 240 g/mol. The van der Waals surface area contributed by atoms with E-state index in [9.17, 15) is 4.79 Å². The maximum atomic E-state index is 12.1. The lowest BCUT2D eigenvalue weighted by Crippen LogP contribution is -2.61. The zero-order valence-electron chi connectivity index (χ0n) is 9.92. The molecule has 1 heterocycles. The Bertz CT molecular complexity index is 306. The topological polar surface area (TPSA) is 41.1 Å². The minimum atomic E-state index is -0.568. The summed E-state index contributed by atoms with van der Waals surface area (Å²) >= 11 is 10.2. The van der Waals surface area contributed by atoms with Crippen LogP contribution in [0.5, 0.6) is 0 Å². The van der Waals surface area contributed by atoms with Gasteiger partial charge in [-0.05, 0) is 37.4 Å². The number of amides is 1. The van der Waals surface area contributed by atoms with Crippen LogP contribution in [0.2, 0.25) is 0 Å². The van der Waals surface area contributed by atoms with Crippen LogP contribution < -0.4 is 10.6 Å². The van der Waals surface area contributed by atoms with Gasteiger partial charge in [0.05, 0.1) is 10.4 Å². The largest absolute Gasteiger partial charge is 0.326 e. The van der Waals surface area contributed by atoms with Crippen molar-refractivity contribution in [2.24, 2.45) is 11.3 Å². The summed E-state index contributed by atoms with van der Waals surface area (Å²) in [6.45, 7) is 6.28. The maximum Gasteiger partial charge on any atom is 0.239 e. The van der Waals surface area contributed by atoms with Crippen molar-refractivity contribution in [1.29, 1.82) is 0 Å². The van der Waals surface area contributed by atoms with E-state index in [-0.39, 0.29) is 5.91 Å². The van der Waals surface area contributed by atoms with Crippen molar-refractivity contribution >= 4 is 40.4 Å². The molecule has 2 N–H and O–H groups in total. The first-order chi connectivity index (χ1) is 7.42. The Morgan fingerprint density at radius 3 is 2.38 bits per heavy atom. The van der Waals surface area contributed by atoms with Crippen molar-refractivity contribution in [2.75, 3.05) is 0 Å². The molecule has 1 aliphatic rings. The molecule has 1 rings (SSSR count). The number of hydrogen-bond acceptors (Lipinski definition) is 3. The molecule has 0 aliphatic carbocycles. The fourth-order valence-corrected chi connectivity index (χ4v) is 2.54. The van der Waals surface area contributed by atoms with Gasteiger partial charge in [-0.25, -0.2) is 0 Å². The van der Waals surface area contributed by atoms with Crippen LogP contribution >= 0.6 is 24.4 Å². The fourth-order valence-electron chi connectivity index (χ4n) is 1.84. The first-order valence-corrected chi connectivity index (χ1v) is 6.41.